The molecule has 0 atom stereocenters. The van der Waals surface area contributed by atoms with Crippen LogP contribution < -0.4 is 0 Å². The Bertz CT molecular complexity index is 471. The number of rotatable bonds is 6. The fourth-order valence-corrected chi connectivity index (χ4v) is 4.18. The summed E-state index contributed by atoms with van der Waals surface area (Å²) < 4.78 is 16.8. The van der Waals surface area contributed by atoms with Crippen molar-refractivity contribution in [2.75, 3.05) is 0 Å². The maximum absolute atomic E-state index is 5.59. The van der Waals surface area contributed by atoms with Gasteiger partial charge in [0.25, 0.3) is 0 Å². The van der Waals surface area contributed by atoms with Gasteiger partial charge in [0, 0.05) is 0 Å². The van der Waals surface area contributed by atoms with E-state index in [1.54, 1.807) is 0 Å². The molecular weight excluding hydrogens is 324 g/mol. The summed E-state index contributed by atoms with van der Waals surface area (Å²) in [5.41, 5.74) is 4.35. The Labute approximate surface area is 149 Å². The molecule has 1 aromatic carbocycles. The summed E-state index contributed by atoms with van der Waals surface area (Å²) in [6.07, 6.45) is 3.97. The van der Waals surface area contributed by atoms with Crippen LogP contribution in [-0.4, -0.2) is 18.3 Å². The van der Waals surface area contributed by atoms with Gasteiger partial charge in [0.05, 0.1) is 0 Å². The summed E-state index contributed by atoms with van der Waals surface area (Å²) in [6, 6.07) is 8.56. The molecule has 0 saturated heterocycles. The zero-order valence-corrected chi connectivity index (χ0v) is 17.1. The van der Waals surface area contributed by atoms with Gasteiger partial charge in [-0.25, -0.2) is 0 Å². The van der Waals surface area contributed by atoms with Crippen molar-refractivity contribution in [1.82, 2.24) is 0 Å². The monoisotopic (exact) mass is 355 g/mol. The second-order valence-corrected chi connectivity index (χ2v) is 8.50. The first kappa shape index (κ1) is 20.6. The van der Waals surface area contributed by atoms with Gasteiger partial charge < -0.3 is 0 Å². The van der Waals surface area contributed by atoms with E-state index in [4.69, 9.17) is 9.96 Å². The molecule has 3 nitrogen and oxygen atoms in total. The number of hydrogen-bond acceptors (Lipinski definition) is 3. The van der Waals surface area contributed by atoms with Crippen molar-refractivity contribution in [2.24, 2.45) is 0 Å². The Morgan fingerprint density at radius 3 is 1.74 bits per heavy atom. The molecule has 23 heavy (non-hydrogen) atoms. The molecule has 4 heteroatoms. The van der Waals surface area contributed by atoms with Gasteiger partial charge in [0.2, 0.25) is 0 Å². The van der Waals surface area contributed by atoms with Gasteiger partial charge in [-0.05, 0) is 24.5 Å². The van der Waals surface area contributed by atoms with Gasteiger partial charge in [-0.1, -0.05) is 35.9 Å². The van der Waals surface area contributed by atoms with Crippen LogP contribution in [0.3, 0.4) is 0 Å². The zero-order chi connectivity index (χ0) is 17.4. The SMILES string of the molecule is CC(C)[O][Ti]([O]C(C)C)[O]C(C)C.CC1=Cc2ccccc2C1. The standard InChI is InChI=1S/C10H10.3C3H7O.Ti/c1-8-6-9-4-2-3-5-10(9)7-8;3*1-3(2)4;/h2-6H,7H2,1H3;3*3H,1-2H3;/q;3*-1;+3. The quantitative estimate of drug-likeness (QED) is 0.651. The van der Waals surface area contributed by atoms with E-state index < -0.39 is 19.0 Å². The van der Waals surface area contributed by atoms with Crippen molar-refractivity contribution < 1.29 is 29.0 Å². The van der Waals surface area contributed by atoms with E-state index >= 15 is 0 Å². The minimum absolute atomic E-state index is 0.187. The molecule has 1 aliphatic rings. The summed E-state index contributed by atoms with van der Waals surface area (Å²) >= 11 is -2.18. The molecule has 2 rings (SSSR count). The van der Waals surface area contributed by atoms with E-state index in [-0.39, 0.29) is 18.3 Å². The van der Waals surface area contributed by atoms with Crippen LogP contribution in [0.15, 0.2) is 29.8 Å². The first-order chi connectivity index (χ1) is 10.8. The Morgan fingerprint density at radius 2 is 1.30 bits per heavy atom. The van der Waals surface area contributed by atoms with Crippen molar-refractivity contribution >= 4 is 6.08 Å². The molecule has 0 heterocycles. The van der Waals surface area contributed by atoms with Gasteiger partial charge in [-0.3, -0.25) is 0 Å². The minimum Gasteiger partial charge on any atom is -0.0683 e. The van der Waals surface area contributed by atoms with Crippen LogP contribution in [0.2, 0.25) is 0 Å². The summed E-state index contributed by atoms with van der Waals surface area (Å²) in [5, 5.41) is 0. The number of allylic oxidation sites excluding steroid dienone is 1. The molecule has 0 radical (unpaired) electrons. The molecule has 0 saturated carbocycles. The van der Waals surface area contributed by atoms with E-state index in [1.807, 2.05) is 41.5 Å². The molecule has 0 amide bonds. The maximum atomic E-state index is 5.59. The molecule has 129 valence electrons. The van der Waals surface area contributed by atoms with Gasteiger partial charge in [0.1, 0.15) is 0 Å². The van der Waals surface area contributed by atoms with Crippen molar-refractivity contribution in [1.29, 1.82) is 0 Å². The van der Waals surface area contributed by atoms with Crippen LogP contribution in [0.1, 0.15) is 59.6 Å². The zero-order valence-electron chi connectivity index (χ0n) is 15.6. The van der Waals surface area contributed by atoms with Crippen LogP contribution in [-0.2, 0) is 35.4 Å². The van der Waals surface area contributed by atoms with E-state index in [1.165, 1.54) is 16.7 Å². The average Bonchev–Trinajstić information content (AvgIpc) is 2.76. The van der Waals surface area contributed by atoms with Gasteiger partial charge >= 0.3 is 88.8 Å². The van der Waals surface area contributed by atoms with E-state index in [9.17, 15) is 0 Å². The summed E-state index contributed by atoms with van der Waals surface area (Å²) in [7, 11) is 0. The van der Waals surface area contributed by atoms with Crippen LogP contribution in [0.25, 0.3) is 6.08 Å². The predicted octanol–water partition coefficient (Wildman–Crippen LogP) is 5.27. The molecule has 0 N–H and O–H groups in total. The fraction of sp³-hybridized carbons (Fsp3) is 0.579. The topological polar surface area (TPSA) is 27.7 Å². The Kier molecular flexibility index (Phi) is 9.34. The molecule has 0 fully saturated rings. The molecule has 0 unspecified atom stereocenters. The average molecular weight is 355 g/mol. The first-order valence-corrected chi connectivity index (χ1v) is 10.3. The van der Waals surface area contributed by atoms with Crippen LogP contribution in [0.4, 0.5) is 0 Å². The van der Waals surface area contributed by atoms with Crippen molar-refractivity contribution in [3.8, 4) is 0 Å². The molecule has 0 spiro atoms. The Hall–Kier alpha value is -0.446. The number of fused-ring (bicyclic) bond motifs is 1. The third kappa shape index (κ3) is 8.83. The van der Waals surface area contributed by atoms with Gasteiger partial charge in [-0.15, -0.1) is 0 Å². The van der Waals surface area contributed by atoms with Crippen LogP contribution in [0.5, 0.6) is 0 Å². The molecular formula is C19H31O3Ti. The van der Waals surface area contributed by atoms with Gasteiger partial charge in [0.15, 0.2) is 0 Å². The maximum Gasteiger partial charge on any atom is -0.00606 e. The second kappa shape index (κ2) is 10.4. The molecule has 0 aliphatic heterocycles. The van der Waals surface area contributed by atoms with Crippen molar-refractivity contribution in [2.45, 2.75) is 73.2 Å². The van der Waals surface area contributed by atoms with Crippen molar-refractivity contribution in [3.05, 3.63) is 41.0 Å². The second-order valence-electron chi connectivity index (χ2n) is 6.62. The largest absolute Gasteiger partial charge is 0.0683 e. The molecule has 1 aromatic rings. The van der Waals surface area contributed by atoms with Crippen LogP contribution in [0, 0.1) is 0 Å². The van der Waals surface area contributed by atoms with E-state index in [2.05, 4.69) is 37.3 Å². The van der Waals surface area contributed by atoms with E-state index in [0.29, 0.717) is 0 Å². The molecule has 0 bridgehead atoms. The molecule has 0 aromatic heterocycles. The number of hydrogen-bond donors (Lipinski definition) is 0. The van der Waals surface area contributed by atoms with E-state index in [0.717, 1.165) is 6.42 Å². The number of benzene rings is 1. The summed E-state index contributed by atoms with van der Waals surface area (Å²) in [4.78, 5) is 0. The third-order valence-electron chi connectivity index (χ3n) is 2.92. The smallest absolute Gasteiger partial charge is 0.00606 e. The summed E-state index contributed by atoms with van der Waals surface area (Å²) in [6.45, 7) is 14.2. The third-order valence-corrected chi connectivity index (χ3v) is 6.03. The Morgan fingerprint density at radius 1 is 0.826 bits per heavy atom. The molecule has 1 aliphatic carbocycles. The summed E-state index contributed by atoms with van der Waals surface area (Å²) in [5.74, 6) is 0. The van der Waals surface area contributed by atoms with Crippen LogP contribution >= 0.6 is 0 Å². The minimum atomic E-state index is -2.18. The van der Waals surface area contributed by atoms with Gasteiger partial charge in [-0.2, -0.15) is 0 Å². The van der Waals surface area contributed by atoms with Crippen molar-refractivity contribution in [3.63, 3.8) is 0 Å². The first-order valence-electron chi connectivity index (χ1n) is 8.40. The predicted molar refractivity (Wildman–Crippen MR) is 92.5 cm³/mol. The Balaban J connectivity index is 0.000000235. The normalized spacial score (nSPS) is 13.0. The fourth-order valence-electron chi connectivity index (χ4n) is 2.11.